The van der Waals surface area contributed by atoms with E-state index in [1.54, 1.807) is 30.4 Å². The van der Waals surface area contributed by atoms with Crippen LogP contribution in [0.4, 0.5) is 10.6 Å². The molecule has 1 aliphatic heterocycles. The molecule has 28 heavy (non-hydrogen) atoms. The number of rotatable bonds is 4. The maximum atomic E-state index is 12.6. The Bertz CT molecular complexity index is 813. The van der Waals surface area contributed by atoms with E-state index in [1.165, 1.54) is 6.33 Å². The number of carbonyl (C=O) groups excluding carboxylic acids is 2. The SMILES string of the molecule is CC(=O)N(Cc1cncnc1)C1CCCN(C(=O)Nc2cc(C)ccn2)CC1. The monoisotopic (exact) mass is 382 g/mol. The van der Waals surface area contributed by atoms with Crippen molar-refractivity contribution >= 4 is 17.8 Å². The van der Waals surface area contributed by atoms with Crippen LogP contribution in [-0.2, 0) is 11.3 Å². The van der Waals surface area contributed by atoms with Gasteiger partial charge in [-0.3, -0.25) is 10.1 Å². The summed E-state index contributed by atoms with van der Waals surface area (Å²) in [4.78, 5) is 40.7. The lowest BCUT2D eigenvalue weighted by molar-refractivity contribution is -0.132. The minimum absolute atomic E-state index is 0.0238. The third-order valence-electron chi connectivity index (χ3n) is 4.95. The van der Waals surface area contributed by atoms with Crippen LogP contribution in [0.5, 0.6) is 0 Å². The number of likely N-dealkylation sites (tertiary alicyclic amines) is 1. The summed E-state index contributed by atoms with van der Waals surface area (Å²) in [6.07, 6.45) is 9.06. The number of aryl methyl sites for hydroxylation is 1. The van der Waals surface area contributed by atoms with Gasteiger partial charge >= 0.3 is 6.03 Å². The van der Waals surface area contributed by atoms with Crippen LogP contribution in [0.1, 0.15) is 37.3 Å². The molecule has 1 N–H and O–H groups in total. The fraction of sp³-hybridized carbons (Fsp3) is 0.450. The van der Waals surface area contributed by atoms with E-state index in [-0.39, 0.29) is 18.0 Å². The molecular formula is C20H26N6O2. The highest BCUT2D eigenvalue weighted by Crippen LogP contribution is 2.20. The van der Waals surface area contributed by atoms with Crippen LogP contribution in [0.15, 0.2) is 37.1 Å². The molecule has 148 valence electrons. The molecule has 1 unspecified atom stereocenters. The fourth-order valence-corrected chi connectivity index (χ4v) is 3.49. The first-order valence-electron chi connectivity index (χ1n) is 9.52. The van der Waals surface area contributed by atoms with Crippen molar-refractivity contribution in [2.45, 2.75) is 45.7 Å². The second-order valence-electron chi connectivity index (χ2n) is 7.11. The normalized spacial score (nSPS) is 16.9. The second-order valence-corrected chi connectivity index (χ2v) is 7.11. The van der Waals surface area contributed by atoms with Crippen LogP contribution in [0.25, 0.3) is 0 Å². The lowest BCUT2D eigenvalue weighted by Crippen LogP contribution is -2.40. The van der Waals surface area contributed by atoms with Crippen LogP contribution < -0.4 is 5.32 Å². The average Bonchev–Trinajstić information content (AvgIpc) is 2.93. The molecule has 2 aromatic heterocycles. The molecule has 0 spiro atoms. The molecule has 1 atom stereocenters. The summed E-state index contributed by atoms with van der Waals surface area (Å²) in [5, 5.41) is 2.87. The highest BCUT2D eigenvalue weighted by atomic mass is 16.2. The molecule has 0 bridgehead atoms. The van der Waals surface area contributed by atoms with Gasteiger partial charge in [0.25, 0.3) is 0 Å². The molecule has 2 aromatic rings. The molecule has 1 fully saturated rings. The van der Waals surface area contributed by atoms with Crippen molar-refractivity contribution in [2.24, 2.45) is 0 Å². The van der Waals surface area contributed by atoms with Crippen molar-refractivity contribution in [3.8, 4) is 0 Å². The Morgan fingerprint density at radius 2 is 2.04 bits per heavy atom. The van der Waals surface area contributed by atoms with Gasteiger partial charge in [0, 0.05) is 56.8 Å². The van der Waals surface area contributed by atoms with Gasteiger partial charge in [-0.2, -0.15) is 0 Å². The van der Waals surface area contributed by atoms with Crippen molar-refractivity contribution in [2.75, 3.05) is 18.4 Å². The molecule has 1 saturated heterocycles. The molecular weight excluding hydrogens is 356 g/mol. The highest BCUT2D eigenvalue weighted by molar-refractivity contribution is 5.88. The lowest BCUT2D eigenvalue weighted by atomic mass is 10.1. The standard InChI is InChI=1S/C20H26N6O2/c1-15-5-7-23-19(10-15)24-20(28)25-8-3-4-18(6-9-25)26(16(2)27)13-17-11-21-14-22-12-17/h5,7,10-12,14,18H,3-4,6,8-9,13H2,1-2H3,(H,23,24,28). The Labute approximate surface area is 165 Å². The number of anilines is 1. The van der Waals surface area contributed by atoms with E-state index < -0.39 is 0 Å². The first-order valence-corrected chi connectivity index (χ1v) is 9.52. The fourth-order valence-electron chi connectivity index (χ4n) is 3.49. The topological polar surface area (TPSA) is 91.3 Å². The van der Waals surface area contributed by atoms with Crippen LogP contribution in [0.2, 0.25) is 0 Å². The first kappa shape index (κ1) is 19.7. The van der Waals surface area contributed by atoms with E-state index in [1.807, 2.05) is 24.0 Å². The summed E-state index contributed by atoms with van der Waals surface area (Å²) in [5.74, 6) is 0.580. The van der Waals surface area contributed by atoms with Crippen LogP contribution in [0, 0.1) is 6.92 Å². The molecule has 3 rings (SSSR count). The predicted molar refractivity (Wildman–Crippen MR) is 105 cm³/mol. The van der Waals surface area contributed by atoms with Gasteiger partial charge in [-0.25, -0.2) is 19.7 Å². The van der Waals surface area contributed by atoms with Gasteiger partial charge in [0.05, 0.1) is 0 Å². The van der Waals surface area contributed by atoms with E-state index in [9.17, 15) is 9.59 Å². The number of nitrogens with zero attached hydrogens (tertiary/aromatic N) is 5. The molecule has 1 aliphatic rings. The zero-order valence-corrected chi connectivity index (χ0v) is 16.3. The smallest absolute Gasteiger partial charge is 0.323 e. The summed E-state index contributed by atoms with van der Waals surface area (Å²) in [6.45, 7) is 5.29. The Morgan fingerprint density at radius 1 is 1.25 bits per heavy atom. The number of amides is 3. The Hall–Kier alpha value is -3.03. The molecule has 3 amide bonds. The minimum Gasteiger partial charge on any atom is -0.335 e. The van der Waals surface area contributed by atoms with Crippen molar-refractivity contribution in [3.63, 3.8) is 0 Å². The number of pyridine rings is 1. The number of carbonyl (C=O) groups is 2. The maximum Gasteiger partial charge on any atom is 0.323 e. The van der Waals surface area contributed by atoms with Crippen LogP contribution in [-0.4, -0.2) is 55.8 Å². The predicted octanol–water partition coefficient (Wildman–Crippen LogP) is 2.62. The second kappa shape index (κ2) is 9.25. The number of nitrogens with one attached hydrogen (secondary N) is 1. The third kappa shape index (κ3) is 5.25. The maximum absolute atomic E-state index is 12.6. The van der Waals surface area contributed by atoms with E-state index in [2.05, 4.69) is 20.3 Å². The number of urea groups is 1. The zero-order valence-electron chi connectivity index (χ0n) is 16.3. The van der Waals surface area contributed by atoms with Crippen molar-refractivity contribution < 1.29 is 9.59 Å². The molecule has 0 radical (unpaired) electrons. The van der Waals surface area contributed by atoms with E-state index in [0.29, 0.717) is 25.5 Å². The number of hydrogen-bond donors (Lipinski definition) is 1. The van der Waals surface area contributed by atoms with Crippen molar-refractivity contribution in [1.29, 1.82) is 0 Å². The molecule has 0 aliphatic carbocycles. The van der Waals surface area contributed by atoms with Gasteiger partial charge in [-0.1, -0.05) is 0 Å². The van der Waals surface area contributed by atoms with E-state index in [4.69, 9.17) is 0 Å². The van der Waals surface area contributed by atoms with Crippen LogP contribution >= 0.6 is 0 Å². The van der Waals surface area contributed by atoms with E-state index in [0.717, 1.165) is 30.4 Å². The van der Waals surface area contributed by atoms with Gasteiger partial charge in [0.1, 0.15) is 12.1 Å². The van der Waals surface area contributed by atoms with Crippen LogP contribution in [0.3, 0.4) is 0 Å². The Kier molecular flexibility index (Phi) is 6.52. The zero-order chi connectivity index (χ0) is 19.9. The van der Waals surface area contributed by atoms with Crippen molar-refractivity contribution in [3.05, 3.63) is 48.2 Å². The molecule has 8 nitrogen and oxygen atoms in total. The van der Waals surface area contributed by atoms with E-state index >= 15 is 0 Å². The third-order valence-corrected chi connectivity index (χ3v) is 4.95. The summed E-state index contributed by atoms with van der Waals surface area (Å²) in [7, 11) is 0. The average molecular weight is 382 g/mol. The largest absolute Gasteiger partial charge is 0.335 e. The summed E-state index contributed by atoms with van der Waals surface area (Å²) >= 11 is 0. The lowest BCUT2D eigenvalue weighted by Gasteiger charge is -2.30. The summed E-state index contributed by atoms with van der Waals surface area (Å²) in [5.41, 5.74) is 1.95. The number of hydrogen-bond acceptors (Lipinski definition) is 5. The van der Waals surface area contributed by atoms with Gasteiger partial charge in [0.2, 0.25) is 5.91 Å². The molecule has 3 heterocycles. The highest BCUT2D eigenvalue weighted by Gasteiger charge is 2.26. The quantitative estimate of drug-likeness (QED) is 0.878. The Balaban J connectivity index is 1.61. The Morgan fingerprint density at radius 3 is 2.75 bits per heavy atom. The summed E-state index contributed by atoms with van der Waals surface area (Å²) in [6, 6.07) is 3.68. The van der Waals surface area contributed by atoms with Crippen molar-refractivity contribution in [1.82, 2.24) is 24.8 Å². The van der Waals surface area contributed by atoms with Gasteiger partial charge in [-0.15, -0.1) is 0 Å². The van der Waals surface area contributed by atoms with Gasteiger partial charge < -0.3 is 9.80 Å². The van der Waals surface area contributed by atoms with Gasteiger partial charge in [-0.05, 0) is 43.9 Å². The minimum atomic E-state index is -0.149. The molecule has 0 aromatic carbocycles. The van der Waals surface area contributed by atoms with Gasteiger partial charge in [0.15, 0.2) is 0 Å². The molecule has 8 heteroatoms. The number of aromatic nitrogens is 3. The molecule has 0 saturated carbocycles. The first-order chi connectivity index (χ1) is 13.5. The summed E-state index contributed by atoms with van der Waals surface area (Å²) < 4.78 is 0.